The summed E-state index contributed by atoms with van der Waals surface area (Å²) in [5.74, 6) is -1.11. The van der Waals surface area contributed by atoms with Gasteiger partial charge in [-0.15, -0.1) is 0 Å². The minimum atomic E-state index is -4.51. The van der Waals surface area contributed by atoms with Crippen LogP contribution in [0.4, 0.5) is 17.6 Å². The predicted octanol–water partition coefficient (Wildman–Crippen LogP) is 6.18. The van der Waals surface area contributed by atoms with Crippen LogP contribution in [0.3, 0.4) is 0 Å². The highest BCUT2D eigenvalue weighted by Gasteiger charge is 2.37. The lowest BCUT2D eigenvalue weighted by Crippen LogP contribution is -2.40. The fourth-order valence-electron chi connectivity index (χ4n) is 4.63. The van der Waals surface area contributed by atoms with Crippen molar-refractivity contribution in [2.45, 2.75) is 75.5 Å². The molecule has 1 aliphatic carbocycles. The maximum atomic E-state index is 14.3. The Morgan fingerprint density at radius 3 is 2.56 bits per heavy atom. The van der Waals surface area contributed by atoms with Crippen LogP contribution in [0.15, 0.2) is 35.4 Å². The highest BCUT2D eigenvalue weighted by molar-refractivity contribution is 7.83. The molecule has 1 aliphatic rings. The zero-order valence-corrected chi connectivity index (χ0v) is 19.8. The van der Waals surface area contributed by atoms with Gasteiger partial charge in [-0.2, -0.15) is 13.2 Å². The molecule has 2 heterocycles. The molecule has 3 aromatic rings. The second-order valence-corrected chi connectivity index (χ2v) is 9.98. The topological polar surface area (TPSA) is 67.2 Å². The van der Waals surface area contributed by atoms with Gasteiger partial charge in [-0.3, -0.25) is 4.98 Å². The van der Waals surface area contributed by atoms with E-state index in [1.54, 1.807) is 6.07 Å². The summed E-state index contributed by atoms with van der Waals surface area (Å²) < 4.78 is 69.3. The lowest BCUT2D eigenvalue weighted by molar-refractivity contribution is -0.146. The lowest BCUT2D eigenvalue weighted by atomic mass is 10.0. The van der Waals surface area contributed by atoms with Gasteiger partial charge in [-0.25, -0.2) is 13.3 Å². The highest BCUT2D eigenvalue weighted by atomic mass is 32.2. The van der Waals surface area contributed by atoms with Crippen molar-refractivity contribution in [2.24, 2.45) is 0 Å². The number of hydrogen-bond acceptors (Lipinski definition) is 3. The maximum absolute atomic E-state index is 14.3. The van der Waals surface area contributed by atoms with Crippen LogP contribution in [-0.4, -0.2) is 31.1 Å². The van der Waals surface area contributed by atoms with E-state index < -0.39 is 34.8 Å². The van der Waals surface area contributed by atoms with Crippen LogP contribution in [-0.2, 0) is 17.4 Å². The normalized spacial score (nSPS) is 16.9. The van der Waals surface area contributed by atoms with Crippen molar-refractivity contribution in [3.8, 4) is 17.1 Å². The van der Waals surface area contributed by atoms with Crippen LogP contribution in [0.2, 0.25) is 0 Å². The Labute approximate surface area is 197 Å². The Bertz CT molecular complexity index is 1200. The molecule has 0 saturated heterocycles. The molecule has 2 N–H and O–H groups in total. The number of phenolic OH excluding ortho intramolecular Hbond substituents is 1. The van der Waals surface area contributed by atoms with E-state index in [1.165, 1.54) is 24.4 Å². The average molecular weight is 498 g/mol. The lowest BCUT2D eigenvalue weighted by Gasteiger charge is -2.19. The molecule has 1 saturated carbocycles. The standard InChI is InChI=1S/C24H27F4N3O2S/c1-3-6-17-18-11-19(25)22(32)12-21(18)31(15-7-4-5-8-15)23(17)20-10-9-16(13-29-20)34(33)30-14(2)24(26,27)28/h9-15,30,32H,3-8H2,1-2H3. The Balaban J connectivity index is 1.81. The SMILES string of the molecule is CCCc1c(-c2ccc(S(=O)NC(C)C(F)(F)F)cn2)n(C2CCCC2)c2cc(O)c(F)cc12. The number of nitrogens with one attached hydrogen (secondary N) is 1. The molecule has 4 rings (SSSR count). The third-order valence-corrected chi connectivity index (χ3v) is 7.57. The summed E-state index contributed by atoms with van der Waals surface area (Å²) >= 11 is 0. The van der Waals surface area contributed by atoms with E-state index in [-0.39, 0.29) is 10.9 Å². The molecule has 0 spiro atoms. The second kappa shape index (κ2) is 9.65. The van der Waals surface area contributed by atoms with Gasteiger partial charge in [0.25, 0.3) is 0 Å². The molecule has 5 nitrogen and oxygen atoms in total. The van der Waals surface area contributed by atoms with Crippen molar-refractivity contribution in [1.29, 1.82) is 0 Å². The van der Waals surface area contributed by atoms with Crippen LogP contribution in [0.25, 0.3) is 22.3 Å². The van der Waals surface area contributed by atoms with E-state index in [2.05, 4.69) is 9.55 Å². The number of fused-ring (bicyclic) bond motifs is 1. The van der Waals surface area contributed by atoms with Gasteiger partial charge in [-0.05, 0) is 49.9 Å². The molecule has 2 atom stereocenters. The number of aromatic hydroxyl groups is 1. The molecule has 1 fully saturated rings. The van der Waals surface area contributed by atoms with Gasteiger partial charge in [0.1, 0.15) is 17.0 Å². The zero-order valence-electron chi connectivity index (χ0n) is 19.0. The molecule has 0 radical (unpaired) electrons. The summed E-state index contributed by atoms with van der Waals surface area (Å²) in [5, 5.41) is 10.8. The molecule has 0 bridgehead atoms. The number of aryl methyl sites for hydroxylation is 1. The molecule has 10 heteroatoms. The number of hydrogen-bond donors (Lipinski definition) is 2. The number of pyridine rings is 1. The van der Waals surface area contributed by atoms with Gasteiger partial charge in [0.15, 0.2) is 11.6 Å². The minimum Gasteiger partial charge on any atom is -0.505 e. The van der Waals surface area contributed by atoms with E-state index in [1.807, 2.05) is 11.6 Å². The molecule has 0 amide bonds. The summed E-state index contributed by atoms with van der Waals surface area (Å²) in [6.07, 6.45) is 2.29. The number of halogens is 4. The van der Waals surface area contributed by atoms with E-state index in [0.717, 1.165) is 55.8 Å². The van der Waals surface area contributed by atoms with Gasteiger partial charge in [0.2, 0.25) is 0 Å². The van der Waals surface area contributed by atoms with E-state index in [9.17, 15) is 26.9 Å². The zero-order chi connectivity index (χ0) is 24.6. The van der Waals surface area contributed by atoms with Gasteiger partial charge < -0.3 is 9.67 Å². The second-order valence-electron chi connectivity index (χ2n) is 8.74. The van der Waals surface area contributed by atoms with E-state index in [0.29, 0.717) is 17.5 Å². The van der Waals surface area contributed by atoms with Crippen molar-refractivity contribution in [3.05, 3.63) is 41.8 Å². The number of alkyl halides is 3. The molecule has 34 heavy (non-hydrogen) atoms. The Morgan fingerprint density at radius 1 is 1.26 bits per heavy atom. The van der Waals surface area contributed by atoms with Crippen molar-refractivity contribution in [1.82, 2.24) is 14.3 Å². The molecular formula is C24H27F4N3O2S. The number of nitrogens with zero attached hydrogens (tertiary/aromatic N) is 2. The van der Waals surface area contributed by atoms with Gasteiger partial charge in [-0.1, -0.05) is 26.2 Å². The summed E-state index contributed by atoms with van der Waals surface area (Å²) in [6.45, 7) is 2.93. The summed E-state index contributed by atoms with van der Waals surface area (Å²) in [5.41, 5.74) is 3.02. The summed E-state index contributed by atoms with van der Waals surface area (Å²) in [6, 6.07) is 4.18. The largest absolute Gasteiger partial charge is 0.505 e. The first-order valence-electron chi connectivity index (χ1n) is 11.4. The Hall–Kier alpha value is -2.46. The summed E-state index contributed by atoms with van der Waals surface area (Å²) in [4.78, 5) is 4.59. The number of benzene rings is 1. The first kappa shape index (κ1) is 24.7. The Morgan fingerprint density at radius 2 is 1.97 bits per heavy atom. The fraction of sp³-hybridized carbons (Fsp3) is 0.458. The monoisotopic (exact) mass is 497 g/mol. The van der Waals surface area contributed by atoms with Crippen molar-refractivity contribution in [2.75, 3.05) is 0 Å². The highest BCUT2D eigenvalue weighted by Crippen LogP contribution is 2.43. The fourth-order valence-corrected chi connectivity index (χ4v) is 5.56. The smallest absolute Gasteiger partial charge is 0.404 e. The average Bonchev–Trinajstić information content (AvgIpc) is 3.41. The van der Waals surface area contributed by atoms with Crippen LogP contribution in [0.5, 0.6) is 5.75 Å². The number of aromatic nitrogens is 2. The Kier molecular flexibility index (Phi) is 7.00. The number of rotatable bonds is 7. The molecule has 0 aliphatic heterocycles. The molecule has 2 aromatic heterocycles. The predicted molar refractivity (Wildman–Crippen MR) is 123 cm³/mol. The summed E-state index contributed by atoms with van der Waals surface area (Å²) in [7, 11) is -2.08. The van der Waals surface area contributed by atoms with Crippen LogP contribution >= 0.6 is 0 Å². The molecule has 2 unspecified atom stereocenters. The van der Waals surface area contributed by atoms with E-state index >= 15 is 0 Å². The molecule has 1 aromatic carbocycles. The van der Waals surface area contributed by atoms with Gasteiger partial charge >= 0.3 is 6.18 Å². The van der Waals surface area contributed by atoms with Crippen molar-refractivity contribution < 1.29 is 26.9 Å². The van der Waals surface area contributed by atoms with Crippen molar-refractivity contribution in [3.63, 3.8) is 0 Å². The van der Waals surface area contributed by atoms with Crippen LogP contribution < -0.4 is 4.72 Å². The maximum Gasteiger partial charge on any atom is 0.404 e. The minimum absolute atomic E-state index is 0.129. The third kappa shape index (κ3) is 4.70. The quantitative estimate of drug-likeness (QED) is 0.383. The van der Waals surface area contributed by atoms with Gasteiger partial charge in [0.05, 0.1) is 21.8 Å². The van der Waals surface area contributed by atoms with Gasteiger partial charge in [0, 0.05) is 23.7 Å². The van der Waals surface area contributed by atoms with Crippen LogP contribution in [0, 0.1) is 5.82 Å². The van der Waals surface area contributed by atoms with Crippen LogP contribution in [0.1, 0.15) is 57.6 Å². The third-order valence-electron chi connectivity index (χ3n) is 6.33. The first-order chi connectivity index (χ1) is 16.1. The first-order valence-corrected chi connectivity index (χ1v) is 12.5. The molecule has 184 valence electrons. The number of phenols is 1. The van der Waals surface area contributed by atoms with Crippen molar-refractivity contribution >= 4 is 21.9 Å². The van der Waals surface area contributed by atoms with E-state index in [4.69, 9.17) is 0 Å². The molecular weight excluding hydrogens is 470 g/mol.